The molecule has 97 valence electrons. The van der Waals surface area contributed by atoms with Crippen LogP contribution in [0.15, 0.2) is 0 Å². The van der Waals surface area contributed by atoms with Crippen LogP contribution in [-0.4, -0.2) is 0 Å². The van der Waals surface area contributed by atoms with Crippen molar-refractivity contribution in [3.05, 3.63) is 6.42 Å². The van der Waals surface area contributed by atoms with Gasteiger partial charge in [-0.1, -0.05) is 85.0 Å². The van der Waals surface area contributed by atoms with Crippen molar-refractivity contribution in [1.82, 2.24) is 0 Å². The van der Waals surface area contributed by atoms with E-state index in [0.717, 1.165) is 5.92 Å². The lowest BCUT2D eigenvalue weighted by atomic mass is 9.90. The zero-order valence-corrected chi connectivity index (χ0v) is 11.9. The Morgan fingerprint density at radius 1 is 0.688 bits per heavy atom. The lowest BCUT2D eigenvalue weighted by Gasteiger charge is -2.15. The first-order valence-electron chi connectivity index (χ1n) is 7.66. The van der Waals surface area contributed by atoms with E-state index in [4.69, 9.17) is 0 Å². The zero-order chi connectivity index (χ0) is 12.1. The lowest BCUT2D eigenvalue weighted by molar-refractivity contribution is 0.390. The van der Waals surface area contributed by atoms with Crippen LogP contribution in [0.2, 0.25) is 0 Å². The first kappa shape index (κ1) is 16.0. The van der Waals surface area contributed by atoms with Gasteiger partial charge in [0.1, 0.15) is 0 Å². The van der Waals surface area contributed by atoms with E-state index in [9.17, 15) is 0 Å². The van der Waals surface area contributed by atoms with Gasteiger partial charge in [0.25, 0.3) is 0 Å². The summed E-state index contributed by atoms with van der Waals surface area (Å²) in [6, 6.07) is 0. The molecule has 0 unspecified atom stereocenters. The second-order valence-electron chi connectivity index (χ2n) is 5.16. The summed E-state index contributed by atoms with van der Waals surface area (Å²) >= 11 is 0. The smallest absolute Gasteiger partial charge is 0.0386 e. The molecule has 0 rings (SSSR count). The monoisotopic (exact) mass is 225 g/mol. The summed E-state index contributed by atoms with van der Waals surface area (Å²) in [7, 11) is 0. The highest BCUT2D eigenvalue weighted by atomic mass is 14.1. The third kappa shape index (κ3) is 10.5. The summed E-state index contributed by atoms with van der Waals surface area (Å²) in [6.07, 6.45) is 17.9. The second kappa shape index (κ2) is 13.1. The fourth-order valence-electron chi connectivity index (χ4n) is 2.26. The molecular formula is C16H33. The largest absolute Gasteiger partial charge is 0.0654 e. The highest BCUT2D eigenvalue weighted by Crippen LogP contribution is 2.22. The Hall–Kier alpha value is 0. The summed E-state index contributed by atoms with van der Waals surface area (Å²) in [4.78, 5) is 0. The highest BCUT2D eigenvalue weighted by Gasteiger charge is 2.07. The summed E-state index contributed by atoms with van der Waals surface area (Å²) in [5, 5.41) is 0. The molecule has 0 saturated carbocycles. The van der Waals surface area contributed by atoms with E-state index >= 15 is 0 Å². The van der Waals surface area contributed by atoms with Crippen molar-refractivity contribution in [3.8, 4) is 0 Å². The Bertz CT molecular complexity index is 109. The first-order chi connectivity index (χ1) is 7.85. The standard InChI is InChI=1S/C16H33/c1-4-7-10-11-12-15-16(13-8-5-2)14-9-6-3/h11,16H,4-10,12-15H2,1-3H3. The quantitative estimate of drug-likeness (QED) is 0.349. The van der Waals surface area contributed by atoms with Crippen LogP contribution in [0.5, 0.6) is 0 Å². The third-order valence-electron chi connectivity index (χ3n) is 3.47. The second-order valence-corrected chi connectivity index (χ2v) is 5.16. The first-order valence-corrected chi connectivity index (χ1v) is 7.66. The molecule has 0 heteroatoms. The van der Waals surface area contributed by atoms with Crippen LogP contribution in [-0.2, 0) is 0 Å². The van der Waals surface area contributed by atoms with Gasteiger partial charge in [-0.3, -0.25) is 0 Å². The molecule has 0 spiro atoms. The summed E-state index contributed by atoms with van der Waals surface area (Å²) in [5.74, 6) is 1.01. The van der Waals surface area contributed by atoms with Gasteiger partial charge in [-0.2, -0.15) is 0 Å². The topological polar surface area (TPSA) is 0 Å². The molecule has 0 bridgehead atoms. The van der Waals surface area contributed by atoms with E-state index < -0.39 is 0 Å². The molecular weight excluding hydrogens is 192 g/mol. The molecule has 0 fully saturated rings. The predicted octanol–water partition coefficient (Wildman–Crippen LogP) is 6.16. The zero-order valence-electron chi connectivity index (χ0n) is 11.9. The maximum absolute atomic E-state index is 2.52. The Kier molecular flexibility index (Phi) is 13.1. The van der Waals surface area contributed by atoms with Crippen LogP contribution in [0.1, 0.15) is 91.4 Å². The van der Waals surface area contributed by atoms with Crippen LogP contribution < -0.4 is 0 Å². The van der Waals surface area contributed by atoms with E-state index in [0.29, 0.717) is 0 Å². The lowest BCUT2D eigenvalue weighted by Crippen LogP contribution is -2.01. The highest BCUT2D eigenvalue weighted by molar-refractivity contribution is 4.68. The molecule has 0 heterocycles. The molecule has 16 heavy (non-hydrogen) atoms. The molecule has 0 aromatic heterocycles. The molecule has 0 aromatic rings. The molecule has 0 N–H and O–H groups in total. The SMILES string of the molecule is CCCC[CH]CCC(CCCC)CCCC. The van der Waals surface area contributed by atoms with E-state index in [1.54, 1.807) is 0 Å². The van der Waals surface area contributed by atoms with Crippen LogP contribution in [0, 0.1) is 12.3 Å². The van der Waals surface area contributed by atoms with Crippen molar-refractivity contribution in [2.45, 2.75) is 91.4 Å². The number of unbranched alkanes of at least 4 members (excludes halogenated alkanes) is 6. The van der Waals surface area contributed by atoms with Crippen LogP contribution in [0.25, 0.3) is 0 Å². The maximum atomic E-state index is 2.52. The summed E-state index contributed by atoms with van der Waals surface area (Å²) < 4.78 is 0. The van der Waals surface area contributed by atoms with Gasteiger partial charge < -0.3 is 0 Å². The van der Waals surface area contributed by atoms with E-state index in [1.807, 2.05) is 0 Å². The molecule has 0 atom stereocenters. The molecule has 0 nitrogen and oxygen atoms in total. The van der Waals surface area contributed by atoms with E-state index in [2.05, 4.69) is 27.2 Å². The van der Waals surface area contributed by atoms with Gasteiger partial charge in [0.05, 0.1) is 0 Å². The minimum Gasteiger partial charge on any atom is -0.0654 e. The summed E-state index contributed by atoms with van der Waals surface area (Å²) in [6.45, 7) is 6.90. The van der Waals surface area contributed by atoms with E-state index in [1.165, 1.54) is 70.6 Å². The van der Waals surface area contributed by atoms with Gasteiger partial charge in [-0.25, -0.2) is 0 Å². The van der Waals surface area contributed by atoms with Crippen molar-refractivity contribution < 1.29 is 0 Å². The summed E-state index contributed by atoms with van der Waals surface area (Å²) in [5.41, 5.74) is 0. The van der Waals surface area contributed by atoms with Crippen molar-refractivity contribution >= 4 is 0 Å². The van der Waals surface area contributed by atoms with Gasteiger partial charge in [0.15, 0.2) is 0 Å². The maximum Gasteiger partial charge on any atom is -0.0386 e. The average Bonchev–Trinajstić information content (AvgIpc) is 2.31. The van der Waals surface area contributed by atoms with Gasteiger partial charge in [-0.05, 0) is 18.8 Å². The van der Waals surface area contributed by atoms with Crippen molar-refractivity contribution in [2.75, 3.05) is 0 Å². The molecule has 0 aliphatic carbocycles. The van der Waals surface area contributed by atoms with Crippen LogP contribution in [0.4, 0.5) is 0 Å². The Morgan fingerprint density at radius 2 is 1.25 bits per heavy atom. The van der Waals surface area contributed by atoms with Crippen molar-refractivity contribution in [3.63, 3.8) is 0 Å². The average molecular weight is 225 g/mol. The van der Waals surface area contributed by atoms with Crippen molar-refractivity contribution in [2.24, 2.45) is 5.92 Å². The fourth-order valence-corrected chi connectivity index (χ4v) is 2.26. The Labute approximate surface area is 104 Å². The van der Waals surface area contributed by atoms with Gasteiger partial charge in [0, 0.05) is 0 Å². The van der Waals surface area contributed by atoms with Crippen molar-refractivity contribution in [1.29, 1.82) is 0 Å². The molecule has 0 amide bonds. The number of hydrogen-bond acceptors (Lipinski definition) is 0. The minimum absolute atomic E-state index is 1.01. The Morgan fingerprint density at radius 3 is 1.75 bits per heavy atom. The van der Waals surface area contributed by atoms with Gasteiger partial charge >= 0.3 is 0 Å². The molecule has 1 radical (unpaired) electrons. The minimum atomic E-state index is 1.01. The number of hydrogen-bond donors (Lipinski definition) is 0. The molecule has 0 aromatic carbocycles. The molecule has 0 aliphatic heterocycles. The molecule has 0 saturated heterocycles. The van der Waals surface area contributed by atoms with Gasteiger partial charge in [0.2, 0.25) is 0 Å². The number of rotatable bonds is 12. The third-order valence-corrected chi connectivity index (χ3v) is 3.47. The van der Waals surface area contributed by atoms with Crippen LogP contribution in [0.3, 0.4) is 0 Å². The fraction of sp³-hybridized carbons (Fsp3) is 0.938. The van der Waals surface area contributed by atoms with Crippen LogP contribution >= 0.6 is 0 Å². The Balaban J connectivity index is 3.48. The normalized spacial score (nSPS) is 11.2. The van der Waals surface area contributed by atoms with E-state index in [-0.39, 0.29) is 0 Å². The predicted molar refractivity (Wildman–Crippen MR) is 75.6 cm³/mol. The van der Waals surface area contributed by atoms with Gasteiger partial charge in [-0.15, -0.1) is 0 Å². The molecule has 0 aliphatic rings.